The summed E-state index contributed by atoms with van der Waals surface area (Å²) in [4.78, 5) is 21.1. The Kier molecular flexibility index (Phi) is 4.93. The molecular formula is C19H27N3O2S. The molecule has 2 fully saturated rings. The van der Waals surface area contributed by atoms with E-state index < -0.39 is 0 Å². The molecule has 2 atom stereocenters. The van der Waals surface area contributed by atoms with Gasteiger partial charge >= 0.3 is 0 Å². The van der Waals surface area contributed by atoms with Crippen molar-refractivity contribution in [3.63, 3.8) is 0 Å². The Morgan fingerprint density at radius 3 is 3.20 bits per heavy atom. The number of nitrogens with zero attached hydrogens (tertiary/aromatic N) is 2. The second-order valence-corrected chi connectivity index (χ2v) is 8.63. The summed E-state index contributed by atoms with van der Waals surface area (Å²) >= 11 is 1.71. The van der Waals surface area contributed by atoms with E-state index in [-0.39, 0.29) is 11.3 Å². The van der Waals surface area contributed by atoms with Crippen molar-refractivity contribution in [1.82, 2.24) is 15.2 Å². The number of thiazole rings is 1. The minimum Gasteiger partial charge on any atom is -0.380 e. The van der Waals surface area contributed by atoms with Gasteiger partial charge in [0.25, 0.3) is 0 Å². The van der Waals surface area contributed by atoms with Gasteiger partial charge in [-0.15, -0.1) is 11.3 Å². The molecule has 0 spiro atoms. The highest BCUT2D eigenvalue weighted by Crippen LogP contribution is 2.42. The Morgan fingerprint density at radius 2 is 2.44 bits per heavy atom. The summed E-state index contributed by atoms with van der Waals surface area (Å²) < 4.78 is 5.72. The Balaban J connectivity index is 1.40. The number of likely N-dealkylation sites (tertiary alicyclic amines) is 1. The van der Waals surface area contributed by atoms with E-state index in [0.29, 0.717) is 25.7 Å². The minimum atomic E-state index is -0.367. The van der Waals surface area contributed by atoms with Gasteiger partial charge in [0.1, 0.15) is 0 Å². The van der Waals surface area contributed by atoms with Crippen LogP contribution in [0.5, 0.6) is 0 Å². The van der Waals surface area contributed by atoms with Crippen molar-refractivity contribution in [3.8, 4) is 0 Å². The van der Waals surface area contributed by atoms with Crippen LogP contribution in [0.2, 0.25) is 0 Å². The number of rotatable bonds is 5. The lowest BCUT2D eigenvalue weighted by molar-refractivity contribution is -0.131. The smallest absolute Gasteiger partial charge is 0.230 e. The Bertz CT molecular complexity index is 671. The van der Waals surface area contributed by atoms with Gasteiger partial charge in [0, 0.05) is 37.0 Å². The molecule has 0 unspecified atom stereocenters. The molecule has 1 N–H and O–H groups in total. The summed E-state index contributed by atoms with van der Waals surface area (Å²) in [6, 6.07) is 0. The number of amides is 1. The normalized spacial score (nSPS) is 29.5. The number of ether oxygens (including phenoxy) is 1. The van der Waals surface area contributed by atoms with E-state index in [1.54, 1.807) is 11.3 Å². The van der Waals surface area contributed by atoms with Crippen LogP contribution in [0.4, 0.5) is 0 Å². The molecule has 0 bridgehead atoms. The highest BCUT2D eigenvalue weighted by molar-refractivity contribution is 7.09. The molecule has 3 heterocycles. The van der Waals surface area contributed by atoms with E-state index >= 15 is 0 Å². The first kappa shape index (κ1) is 17.2. The van der Waals surface area contributed by atoms with Gasteiger partial charge in [0.05, 0.1) is 29.8 Å². The van der Waals surface area contributed by atoms with Crippen LogP contribution in [0.15, 0.2) is 17.2 Å². The maximum absolute atomic E-state index is 13.1. The predicted molar refractivity (Wildman–Crippen MR) is 98.4 cm³/mol. The first-order valence-corrected chi connectivity index (χ1v) is 10.2. The Hall–Kier alpha value is -1.24. The number of nitrogens with one attached hydrogen (secondary N) is 1. The molecule has 0 aromatic carbocycles. The lowest BCUT2D eigenvalue weighted by Gasteiger charge is -2.26. The molecule has 0 radical (unpaired) electrons. The number of hydrogen-bond acceptors (Lipinski definition) is 5. The molecule has 136 valence electrons. The standard InChI is InChI=1S/C19H27N3O2S/c1-14-17(25-13-21-14)9-22-8-16-10-24-12-19(16,11-22)18(23)20-7-15-5-3-2-4-6-15/h5,13,16H,2-4,6-12H2,1H3,(H,20,23)/t16-,19-/m1/s1. The lowest BCUT2D eigenvalue weighted by Crippen LogP contribution is -2.47. The Morgan fingerprint density at radius 1 is 1.52 bits per heavy atom. The molecule has 4 rings (SSSR count). The number of aryl methyl sites for hydroxylation is 1. The predicted octanol–water partition coefficient (Wildman–Crippen LogP) is 2.52. The van der Waals surface area contributed by atoms with Crippen molar-refractivity contribution in [2.75, 3.05) is 32.8 Å². The van der Waals surface area contributed by atoms with Gasteiger partial charge in [-0.2, -0.15) is 0 Å². The molecule has 25 heavy (non-hydrogen) atoms. The summed E-state index contributed by atoms with van der Waals surface area (Å²) in [6.45, 7) is 6.66. The van der Waals surface area contributed by atoms with Crippen LogP contribution >= 0.6 is 11.3 Å². The van der Waals surface area contributed by atoms with Crippen LogP contribution in [-0.2, 0) is 16.1 Å². The molecule has 0 saturated carbocycles. The fourth-order valence-corrected chi connectivity index (χ4v) is 5.22. The number of carbonyl (C=O) groups is 1. The molecule has 6 heteroatoms. The van der Waals surface area contributed by atoms with Crippen LogP contribution in [0.25, 0.3) is 0 Å². The number of hydrogen-bond donors (Lipinski definition) is 1. The monoisotopic (exact) mass is 361 g/mol. The van der Waals surface area contributed by atoms with Crippen LogP contribution in [0.1, 0.15) is 36.3 Å². The summed E-state index contributed by atoms with van der Waals surface area (Å²) in [7, 11) is 0. The fraction of sp³-hybridized carbons (Fsp3) is 0.684. The van der Waals surface area contributed by atoms with Crippen molar-refractivity contribution >= 4 is 17.2 Å². The summed E-state index contributed by atoms with van der Waals surface area (Å²) in [5, 5.41) is 3.22. The van der Waals surface area contributed by atoms with Crippen molar-refractivity contribution < 1.29 is 9.53 Å². The van der Waals surface area contributed by atoms with Crippen molar-refractivity contribution in [3.05, 3.63) is 27.7 Å². The zero-order chi connectivity index (χ0) is 17.3. The average Bonchev–Trinajstić information content (AvgIpc) is 3.29. The lowest BCUT2D eigenvalue weighted by atomic mass is 9.80. The van der Waals surface area contributed by atoms with Crippen LogP contribution in [-0.4, -0.2) is 48.6 Å². The van der Waals surface area contributed by atoms with Crippen molar-refractivity contribution in [1.29, 1.82) is 0 Å². The molecule has 2 saturated heterocycles. The van der Waals surface area contributed by atoms with Crippen molar-refractivity contribution in [2.45, 2.75) is 39.2 Å². The third-order valence-corrected chi connectivity index (χ3v) is 6.89. The van der Waals surface area contributed by atoms with Gasteiger partial charge in [0.15, 0.2) is 0 Å². The number of carbonyl (C=O) groups excluding carboxylic acids is 1. The van der Waals surface area contributed by atoms with Crippen molar-refractivity contribution in [2.24, 2.45) is 11.3 Å². The molecule has 2 aliphatic heterocycles. The summed E-state index contributed by atoms with van der Waals surface area (Å²) in [5.41, 5.74) is 4.04. The zero-order valence-electron chi connectivity index (χ0n) is 14.9. The molecular weight excluding hydrogens is 334 g/mol. The van der Waals surface area contributed by atoms with Crippen LogP contribution in [0, 0.1) is 18.3 Å². The molecule has 1 aromatic rings. The van der Waals surface area contributed by atoms with Gasteiger partial charge in [-0.05, 0) is 32.6 Å². The molecule has 5 nitrogen and oxygen atoms in total. The topological polar surface area (TPSA) is 54.5 Å². The number of allylic oxidation sites excluding steroid dienone is 1. The van der Waals surface area contributed by atoms with Crippen LogP contribution in [0.3, 0.4) is 0 Å². The molecule has 1 aromatic heterocycles. The van der Waals surface area contributed by atoms with E-state index in [4.69, 9.17) is 4.74 Å². The second kappa shape index (κ2) is 7.17. The van der Waals surface area contributed by atoms with Gasteiger partial charge in [0.2, 0.25) is 5.91 Å². The van der Waals surface area contributed by atoms with Crippen LogP contribution < -0.4 is 5.32 Å². The average molecular weight is 362 g/mol. The van der Waals surface area contributed by atoms with Gasteiger partial charge < -0.3 is 10.1 Å². The minimum absolute atomic E-state index is 0.185. The maximum Gasteiger partial charge on any atom is 0.230 e. The molecule has 1 aliphatic carbocycles. The van der Waals surface area contributed by atoms with E-state index in [1.807, 2.05) is 5.51 Å². The third kappa shape index (κ3) is 3.39. The highest BCUT2D eigenvalue weighted by atomic mass is 32.1. The summed E-state index contributed by atoms with van der Waals surface area (Å²) in [6.07, 6.45) is 7.12. The van der Waals surface area contributed by atoms with E-state index in [1.165, 1.54) is 23.3 Å². The number of aromatic nitrogens is 1. The third-order valence-electron chi connectivity index (χ3n) is 5.97. The largest absolute Gasteiger partial charge is 0.380 e. The first-order chi connectivity index (χ1) is 12.2. The highest BCUT2D eigenvalue weighted by Gasteiger charge is 2.55. The Labute approximate surface area is 153 Å². The summed E-state index contributed by atoms with van der Waals surface area (Å²) in [5.74, 6) is 0.492. The zero-order valence-corrected chi connectivity index (χ0v) is 15.7. The second-order valence-electron chi connectivity index (χ2n) is 7.69. The number of fused-ring (bicyclic) bond motifs is 1. The van der Waals surface area contributed by atoms with Gasteiger partial charge in [-0.3, -0.25) is 9.69 Å². The SMILES string of the molecule is Cc1ncsc1CN1C[C@@H]2COC[C@]2(C(=O)NCC2=CCCCC2)C1. The first-order valence-electron chi connectivity index (χ1n) is 9.33. The van der Waals surface area contributed by atoms with E-state index in [2.05, 4.69) is 28.2 Å². The van der Waals surface area contributed by atoms with E-state index in [0.717, 1.165) is 38.2 Å². The fourth-order valence-electron chi connectivity index (χ4n) is 4.40. The molecule has 1 amide bonds. The van der Waals surface area contributed by atoms with Gasteiger partial charge in [-0.25, -0.2) is 4.98 Å². The quantitative estimate of drug-likeness (QED) is 0.819. The van der Waals surface area contributed by atoms with Gasteiger partial charge in [-0.1, -0.05) is 11.6 Å². The molecule has 3 aliphatic rings. The maximum atomic E-state index is 13.1. The van der Waals surface area contributed by atoms with E-state index in [9.17, 15) is 4.79 Å².